The molecule has 0 aliphatic carbocycles. The molecular weight excluding hydrogens is 348 g/mol. The van der Waals surface area contributed by atoms with Crippen LogP contribution in [0.4, 0.5) is 0 Å². The number of carbonyl (C=O) groups is 1. The number of carbonyl (C=O) groups excluding carboxylic acids is 1. The van der Waals surface area contributed by atoms with Gasteiger partial charge in [-0.1, -0.05) is 37.3 Å². The second-order valence-electron chi connectivity index (χ2n) is 8.20. The summed E-state index contributed by atoms with van der Waals surface area (Å²) in [4.78, 5) is 25.8. The molecule has 2 unspecified atom stereocenters. The Balaban J connectivity index is 1.37. The van der Waals surface area contributed by atoms with Crippen molar-refractivity contribution >= 4 is 5.91 Å². The van der Waals surface area contributed by atoms with E-state index in [1.807, 2.05) is 11.1 Å². The monoisotopic (exact) mass is 378 g/mol. The summed E-state index contributed by atoms with van der Waals surface area (Å²) in [5, 5.41) is 0. The summed E-state index contributed by atoms with van der Waals surface area (Å²) in [7, 11) is 0. The summed E-state index contributed by atoms with van der Waals surface area (Å²) in [6.45, 7) is 7.85. The van der Waals surface area contributed by atoms with Crippen LogP contribution >= 0.6 is 0 Å². The standard InChI is InChI=1S/C23H30N4O/c1-17(19-7-4-3-5-8-19)10-13-26-14-11-21-20(16-26)15-24-23(25-21)22-9-6-12-27(22)18(2)28/h3-5,7-8,15,17,22H,6,9-14,16H2,1-2H3. The van der Waals surface area contributed by atoms with Crippen LogP contribution in [0.1, 0.15) is 67.7 Å². The Morgan fingerprint density at radius 1 is 1.25 bits per heavy atom. The van der Waals surface area contributed by atoms with Crippen LogP contribution in [-0.4, -0.2) is 45.3 Å². The van der Waals surface area contributed by atoms with E-state index in [1.165, 1.54) is 16.8 Å². The molecule has 0 saturated carbocycles. The van der Waals surface area contributed by atoms with Crippen molar-refractivity contribution in [2.75, 3.05) is 19.6 Å². The van der Waals surface area contributed by atoms with Gasteiger partial charge < -0.3 is 4.90 Å². The second-order valence-corrected chi connectivity index (χ2v) is 8.20. The van der Waals surface area contributed by atoms with Crippen molar-refractivity contribution < 1.29 is 4.79 Å². The third-order valence-corrected chi connectivity index (χ3v) is 6.23. The normalized spacial score (nSPS) is 20.8. The maximum Gasteiger partial charge on any atom is 0.220 e. The zero-order chi connectivity index (χ0) is 19.5. The van der Waals surface area contributed by atoms with Gasteiger partial charge in [-0.05, 0) is 37.3 Å². The lowest BCUT2D eigenvalue weighted by Gasteiger charge is -2.30. The number of likely N-dealkylation sites (tertiary alicyclic amines) is 1. The highest BCUT2D eigenvalue weighted by Gasteiger charge is 2.31. The number of aromatic nitrogens is 2. The number of benzene rings is 1. The molecule has 4 rings (SSSR count). The van der Waals surface area contributed by atoms with Gasteiger partial charge in [0.05, 0.1) is 6.04 Å². The average Bonchev–Trinajstić information content (AvgIpc) is 3.22. The number of nitrogens with zero attached hydrogens (tertiary/aromatic N) is 4. The van der Waals surface area contributed by atoms with Gasteiger partial charge in [0.1, 0.15) is 0 Å². The molecule has 2 aliphatic heterocycles. The van der Waals surface area contributed by atoms with Crippen molar-refractivity contribution in [3.8, 4) is 0 Å². The van der Waals surface area contributed by atoms with Gasteiger partial charge in [0.25, 0.3) is 0 Å². The van der Waals surface area contributed by atoms with Gasteiger partial charge in [-0.15, -0.1) is 0 Å². The summed E-state index contributed by atoms with van der Waals surface area (Å²) in [5.41, 5.74) is 3.84. The molecule has 0 spiro atoms. The van der Waals surface area contributed by atoms with Crippen LogP contribution < -0.4 is 0 Å². The lowest BCUT2D eigenvalue weighted by molar-refractivity contribution is -0.129. The zero-order valence-electron chi connectivity index (χ0n) is 17.0. The van der Waals surface area contributed by atoms with Crippen LogP contribution in [0.3, 0.4) is 0 Å². The Labute approximate surface area is 167 Å². The van der Waals surface area contributed by atoms with Gasteiger partial charge in [-0.3, -0.25) is 9.69 Å². The Kier molecular flexibility index (Phi) is 5.72. The molecule has 1 aromatic carbocycles. The van der Waals surface area contributed by atoms with Crippen LogP contribution in [-0.2, 0) is 17.8 Å². The SMILES string of the molecule is CC(=O)N1CCCC1c1ncc2c(n1)CCN(CCC(C)c1ccccc1)C2. The first-order valence-corrected chi connectivity index (χ1v) is 10.5. The molecule has 1 amide bonds. The van der Waals surface area contributed by atoms with Crippen LogP contribution in [0, 0.1) is 0 Å². The van der Waals surface area contributed by atoms with Crippen LogP contribution in [0.25, 0.3) is 0 Å². The van der Waals surface area contributed by atoms with E-state index in [0.717, 1.165) is 57.7 Å². The van der Waals surface area contributed by atoms with Gasteiger partial charge in [0, 0.05) is 50.4 Å². The molecule has 2 atom stereocenters. The molecule has 5 nitrogen and oxygen atoms in total. The smallest absolute Gasteiger partial charge is 0.220 e. The first-order chi connectivity index (χ1) is 13.6. The number of amides is 1. The third kappa shape index (κ3) is 4.09. The van der Waals surface area contributed by atoms with Crippen molar-refractivity contribution in [1.82, 2.24) is 19.8 Å². The molecule has 148 valence electrons. The molecule has 2 aromatic rings. The summed E-state index contributed by atoms with van der Waals surface area (Å²) < 4.78 is 0. The van der Waals surface area contributed by atoms with Crippen molar-refractivity contribution in [3.05, 3.63) is 59.2 Å². The van der Waals surface area contributed by atoms with Gasteiger partial charge in [-0.2, -0.15) is 0 Å². The van der Waals surface area contributed by atoms with E-state index in [4.69, 9.17) is 4.98 Å². The van der Waals surface area contributed by atoms with Gasteiger partial charge in [0.2, 0.25) is 5.91 Å². The fourth-order valence-electron chi connectivity index (χ4n) is 4.48. The first-order valence-electron chi connectivity index (χ1n) is 10.5. The molecule has 1 saturated heterocycles. The zero-order valence-corrected chi connectivity index (χ0v) is 17.0. The van der Waals surface area contributed by atoms with Gasteiger partial charge in [0.15, 0.2) is 5.82 Å². The largest absolute Gasteiger partial charge is 0.333 e. The molecule has 0 N–H and O–H groups in total. The van der Waals surface area contributed by atoms with E-state index < -0.39 is 0 Å². The second kappa shape index (κ2) is 8.39. The van der Waals surface area contributed by atoms with E-state index >= 15 is 0 Å². The van der Waals surface area contributed by atoms with Crippen molar-refractivity contribution in [1.29, 1.82) is 0 Å². The molecule has 5 heteroatoms. The van der Waals surface area contributed by atoms with Crippen molar-refractivity contribution in [2.45, 2.75) is 58.0 Å². The minimum Gasteiger partial charge on any atom is -0.333 e. The van der Waals surface area contributed by atoms with Crippen LogP contribution in [0.15, 0.2) is 36.5 Å². The van der Waals surface area contributed by atoms with Crippen LogP contribution in [0.2, 0.25) is 0 Å². The molecule has 28 heavy (non-hydrogen) atoms. The van der Waals surface area contributed by atoms with E-state index in [0.29, 0.717) is 5.92 Å². The quantitative estimate of drug-likeness (QED) is 0.796. The van der Waals surface area contributed by atoms with E-state index in [2.05, 4.69) is 47.1 Å². The fraction of sp³-hybridized carbons (Fsp3) is 0.522. The third-order valence-electron chi connectivity index (χ3n) is 6.23. The fourth-order valence-corrected chi connectivity index (χ4v) is 4.48. The van der Waals surface area contributed by atoms with E-state index in [1.54, 1.807) is 6.92 Å². The average molecular weight is 379 g/mol. The first kappa shape index (κ1) is 19.1. The minimum atomic E-state index is 0.0625. The summed E-state index contributed by atoms with van der Waals surface area (Å²) in [5.74, 6) is 1.53. The number of rotatable bonds is 5. The Hall–Kier alpha value is -2.27. The number of fused-ring (bicyclic) bond motifs is 1. The molecule has 1 aromatic heterocycles. The predicted octanol–water partition coefficient (Wildman–Crippen LogP) is 3.71. The lowest BCUT2D eigenvalue weighted by atomic mass is 9.97. The molecule has 3 heterocycles. The summed E-state index contributed by atoms with van der Waals surface area (Å²) >= 11 is 0. The number of hydrogen-bond acceptors (Lipinski definition) is 4. The van der Waals surface area contributed by atoms with Gasteiger partial charge in [-0.25, -0.2) is 9.97 Å². The molecule has 1 fully saturated rings. The molecule has 2 aliphatic rings. The van der Waals surface area contributed by atoms with Gasteiger partial charge >= 0.3 is 0 Å². The summed E-state index contributed by atoms with van der Waals surface area (Å²) in [6, 6.07) is 10.8. The Morgan fingerprint density at radius 3 is 2.86 bits per heavy atom. The Bertz CT molecular complexity index is 823. The molecule has 0 bridgehead atoms. The topological polar surface area (TPSA) is 49.3 Å². The summed E-state index contributed by atoms with van der Waals surface area (Å²) in [6.07, 6.45) is 6.15. The van der Waals surface area contributed by atoms with Crippen molar-refractivity contribution in [3.63, 3.8) is 0 Å². The number of hydrogen-bond donors (Lipinski definition) is 0. The maximum atomic E-state index is 11.9. The molecular formula is C23H30N4O. The predicted molar refractivity (Wildman–Crippen MR) is 110 cm³/mol. The minimum absolute atomic E-state index is 0.0625. The van der Waals surface area contributed by atoms with Crippen LogP contribution in [0.5, 0.6) is 0 Å². The molecule has 0 radical (unpaired) electrons. The van der Waals surface area contributed by atoms with E-state index in [9.17, 15) is 4.79 Å². The Morgan fingerprint density at radius 2 is 2.07 bits per heavy atom. The lowest BCUT2D eigenvalue weighted by Crippen LogP contribution is -2.34. The van der Waals surface area contributed by atoms with Crippen molar-refractivity contribution in [2.24, 2.45) is 0 Å². The maximum absolute atomic E-state index is 11.9. The highest BCUT2D eigenvalue weighted by molar-refractivity contribution is 5.74. The highest BCUT2D eigenvalue weighted by atomic mass is 16.2. The van der Waals surface area contributed by atoms with E-state index in [-0.39, 0.29) is 11.9 Å². The highest BCUT2D eigenvalue weighted by Crippen LogP contribution is 2.31.